The van der Waals surface area contributed by atoms with Gasteiger partial charge in [-0.1, -0.05) is 24.3 Å². The topological polar surface area (TPSA) is 39.3 Å². The smallest absolute Gasteiger partial charge is 0.227 e. The third-order valence-electron chi connectivity index (χ3n) is 4.70. The Morgan fingerprint density at radius 2 is 1.92 bits per heavy atom. The summed E-state index contributed by atoms with van der Waals surface area (Å²) in [6.45, 7) is 4.57. The van der Waals surface area contributed by atoms with Gasteiger partial charge in [-0.15, -0.1) is 11.3 Å². The highest BCUT2D eigenvalue weighted by Crippen LogP contribution is 2.19. The second kappa shape index (κ2) is 6.79. The molecule has 4 rings (SSSR count). The second-order valence-corrected chi connectivity index (χ2v) is 7.30. The summed E-state index contributed by atoms with van der Waals surface area (Å²) in [5, 5.41) is 3.28. The molecule has 5 heteroatoms. The van der Waals surface area contributed by atoms with Crippen molar-refractivity contribution in [1.29, 1.82) is 0 Å². The van der Waals surface area contributed by atoms with Crippen LogP contribution < -0.4 is 0 Å². The van der Waals surface area contributed by atoms with Crippen LogP contribution in [0.2, 0.25) is 0 Å². The minimum absolute atomic E-state index is 0.232. The average molecular weight is 339 g/mol. The van der Waals surface area contributed by atoms with Crippen LogP contribution in [0.15, 0.2) is 48.0 Å². The fraction of sp³-hybridized carbons (Fsp3) is 0.316. The maximum atomic E-state index is 12.6. The lowest BCUT2D eigenvalue weighted by Crippen LogP contribution is -2.48. The van der Waals surface area contributed by atoms with E-state index in [0.29, 0.717) is 6.42 Å². The summed E-state index contributed by atoms with van der Waals surface area (Å²) >= 11 is 1.80. The molecule has 0 spiro atoms. The van der Waals surface area contributed by atoms with E-state index in [1.807, 2.05) is 29.3 Å². The predicted octanol–water partition coefficient (Wildman–Crippen LogP) is 3.12. The van der Waals surface area contributed by atoms with Gasteiger partial charge in [-0.3, -0.25) is 9.69 Å². The molecule has 4 nitrogen and oxygen atoms in total. The molecule has 24 heavy (non-hydrogen) atoms. The fourth-order valence-electron chi connectivity index (χ4n) is 3.33. The molecular formula is C19H21N3OS. The van der Waals surface area contributed by atoms with E-state index in [-0.39, 0.29) is 5.91 Å². The molecule has 1 saturated heterocycles. The van der Waals surface area contributed by atoms with Crippen LogP contribution in [-0.2, 0) is 17.8 Å². The number of rotatable bonds is 4. The number of benzene rings is 1. The van der Waals surface area contributed by atoms with Crippen molar-refractivity contribution in [3.05, 3.63) is 58.4 Å². The summed E-state index contributed by atoms with van der Waals surface area (Å²) in [6, 6.07) is 12.4. The molecule has 124 valence electrons. The highest BCUT2D eigenvalue weighted by molar-refractivity contribution is 7.09. The van der Waals surface area contributed by atoms with E-state index in [4.69, 9.17) is 0 Å². The van der Waals surface area contributed by atoms with Gasteiger partial charge in [0.1, 0.15) is 0 Å². The van der Waals surface area contributed by atoms with Crippen LogP contribution in [0.3, 0.4) is 0 Å². The highest BCUT2D eigenvalue weighted by Gasteiger charge is 2.22. The Morgan fingerprint density at radius 1 is 1.08 bits per heavy atom. The molecule has 2 aromatic heterocycles. The summed E-state index contributed by atoms with van der Waals surface area (Å²) < 4.78 is 0. The lowest BCUT2D eigenvalue weighted by Gasteiger charge is -2.34. The number of aromatic nitrogens is 1. The van der Waals surface area contributed by atoms with Crippen molar-refractivity contribution < 1.29 is 4.79 Å². The molecule has 3 heterocycles. The maximum absolute atomic E-state index is 12.6. The van der Waals surface area contributed by atoms with Gasteiger partial charge in [-0.2, -0.15) is 0 Å². The predicted molar refractivity (Wildman–Crippen MR) is 98.2 cm³/mol. The van der Waals surface area contributed by atoms with Crippen LogP contribution in [0, 0.1) is 0 Å². The molecule has 1 amide bonds. The number of H-pyrrole nitrogens is 1. The molecular weight excluding hydrogens is 318 g/mol. The number of aromatic amines is 1. The number of hydrogen-bond donors (Lipinski definition) is 1. The SMILES string of the molecule is O=C(Cc1c[nH]c2ccccc12)N1CCN(Cc2cccs2)CC1. The quantitative estimate of drug-likeness (QED) is 0.793. The molecule has 0 aliphatic carbocycles. The van der Waals surface area contributed by atoms with Gasteiger partial charge in [0.25, 0.3) is 0 Å². The first kappa shape index (κ1) is 15.4. The van der Waals surface area contributed by atoms with E-state index in [1.54, 1.807) is 11.3 Å². The number of amides is 1. The van der Waals surface area contributed by atoms with E-state index in [2.05, 4.69) is 33.5 Å². The Bertz CT molecular complexity index is 816. The van der Waals surface area contributed by atoms with Gasteiger partial charge >= 0.3 is 0 Å². The molecule has 0 atom stereocenters. The summed E-state index contributed by atoms with van der Waals surface area (Å²) in [7, 11) is 0. The van der Waals surface area contributed by atoms with Gasteiger partial charge in [0.15, 0.2) is 0 Å². The second-order valence-electron chi connectivity index (χ2n) is 6.27. The molecule has 0 radical (unpaired) electrons. The molecule has 0 bridgehead atoms. The molecule has 1 aromatic carbocycles. The molecule has 1 N–H and O–H groups in total. The third-order valence-corrected chi connectivity index (χ3v) is 5.56. The van der Waals surface area contributed by atoms with Crippen molar-refractivity contribution in [3.8, 4) is 0 Å². The number of nitrogens with one attached hydrogen (secondary N) is 1. The van der Waals surface area contributed by atoms with Gasteiger partial charge in [0.2, 0.25) is 5.91 Å². The number of carbonyl (C=O) groups is 1. The largest absolute Gasteiger partial charge is 0.361 e. The number of carbonyl (C=O) groups excluding carboxylic acids is 1. The van der Waals surface area contributed by atoms with E-state index in [9.17, 15) is 4.79 Å². The lowest BCUT2D eigenvalue weighted by atomic mass is 10.1. The molecule has 0 saturated carbocycles. The number of piperazine rings is 1. The zero-order valence-electron chi connectivity index (χ0n) is 13.6. The monoisotopic (exact) mass is 339 g/mol. The van der Waals surface area contributed by atoms with E-state index >= 15 is 0 Å². The van der Waals surface area contributed by atoms with Crippen LogP contribution in [0.1, 0.15) is 10.4 Å². The van der Waals surface area contributed by atoms with Gasteiger partial charge < -0.3 is 9.88 Å². The Balaban J connectivity index is 1.34. The minimum atomic E-state index is 0.232. The molecule has 1 aliphatic heterocycles. The van der Waals surface area contributed by atoms with Crippen LogP contribution in [-0.4, -0.2) is 46.9 Å². The zero-order valence-corrected chi connectivity index (χ0v) is 14.4. The first-order chi connectivity index (χ1) is 11.8. The number of fused-ring (bicyclic) bond motifs is 1. The molecule has 1 fully saturated rings. The van der Waals surface area contributed by atoms with Crippen LogP contribution >= 0.6 is 11.3 Å². The zero-order chi connectivity index (χ0) is 16.4. The van der Waals surface area contributed by atoms with Crippen molar-refractivity contribution in [2.24, 2.45) is 0 Å². The van der Waals surface area contributed by atoms with Crippen LogP contribution in [0.25, 0.3) is 10.9 Å². The van der Waals surface area contributed by atoms with Crippen LogP contribution in [0.4, 0.5) is 0 Å². The number of para-hydroxylation sites is 1. The lowest BCUT2D eigenvalue weighted by molar-refractivity contribution is -0.132. The summed E-state index contributed by atoms with van der Waals surface area (Å²) in [5.41, 5.74) is 2.19. The van der Waals surface area contributed by atoms with Crippen molar-refractivity contribution in [1.82, 2.24) is 14.8 Å². The number of hydrogen-bond acceptors (Lipinski definition) is 3. The van der Waals surface area contributed by atoms with Crippen molar-refractivity contribution in [2.75, 3.05) is 26.2 Å². The third kappa shape index (κ3) is 3.23. The minimum Gasteiger partial charge on any atom is -0.361 e. The Labute approximate surface area is 145 Å². The molecule has 3 aromatic rings. The van der Waals surface area contributed by atoms with E-state index in [1.165, 1.54) is 4.88 Å². The Hall–Kier alpha value is -2.11. The van der Waals surface area contributed by atoms with E-state index in [0.717, 1.165) is 49.2 Å². The fourth-order valence-corrected chi connectivity index (χ4v) is 4.08. The summed E-state index contributed by atoms with van der Waals surface area (Å²) in [5.74, 6) is 0.232. The number of thiophene rings is 1. The van der Waals surface area contributed by atoms with Gasteiger partial charge in [0, 0.05) is 54.7 Å². The Kier molecular flexibility index (Phi) is 4.36. The standard InChI is InChI=1S/C19H21N3OS/c23-19(12-15-13-20-18-6-2-1-5-17(15)18)22-9-7-21(8-10-22)14-16-4-3-11-24-16/h1-6,11,13,20H,7-10,12,14H2. The molecule has 0 unspecified atom stereocenters. The van der Waals surface area contributed by atoms with Gasteiger partial charge in [-0.25, -0.2) is 0 Å². The van der Waals surface area contributed by atoms with Gasteiger partial charge in [-0.05, 0) is 23.1 Å². The summed E-state index contributed by atoms with van der Waals surface area (Å²) in [4.78, 5) is 21.7. The normalized spacial score (nSPS) is 15.9. The van der Waals surface area contributed by atoms with E-state index < -0.39 is 0 Å². The Morgan fingerprint density at radius 3 is 2.71 bits per heavy atom. The van der Waals surface area contributed by atoms with Crippen molar-refractivity contribution >= 4 is 28.1 Å². The first-order valence-corrected chi connectivity index (χ1v) is 9.25. The first-order valence-electron chi connectivity index (χ1n) is 8.37. The maximum Gasteiger partial charge on any atom is 0.227 e. The average Bonchev–Trinajstić information content (AvgIpc) is 3.26. The highest BCUT2D eigenvalue weighted by atomic mass is 32.1. The van der Waals surface area contributed by atoms with Crippen molar-refractivity contribution in [3.63, 3.8) is 0 Å². The molecule has 1 aliphatic rings. The van der Waals surface area contributed by atoms with Crippen molar-refractivity contribution in [2.45, 2.75) is 13.0 Å². The summed E-state index contributed by atoms with van der Waals surface area (Å²) in [6.07, 6.45) is 2.45. The number of nitrogens with zero attached hydrogens (tertiary/aromatic N) is 2. The van der Waals surface area contributed by atoms with Gasteiger partial charge in [0.05, 0.1) is 6.42 Å². The van der Waals surface area contributed by atoms with Crippen LogP contribution in [0.5, 0.6) is 0 Å².